The van der Waals surface area contributed by atoms with Crippen molar-refractivity contribution >= 4 is 21.9 Å². The summed E-state index contributed by atoms with van der Waals surface area (Å²) in [4.78, 5) is 21.0. The number of hydrogen-bond donors (Lipinski definition) is 3. The van der Waals surface area contributed by atoms with Crippen LogP contribution in [-0.2, 0) is 19.6 Å². The van der Waals surface area contributed by atoms with E-state index in [0.717, 1.165) is 12.4 Å². The number of rotatable bonds is 6. The van der Waals surface area contributed by atoms with Crippen molar-refractivity contribution in [3.05, 3.63) is 12.4 Å². The molecule has 0 saturated carbocycles. The van der Waals surface area contributed by atoms with Gasteiger partial charge in [0.05, 0.1) is 12.7 Å². The number of amides is 1. The van der Waals surface area contributed by atoms with E-state index in [0.29, 0.717) is 4.31 Å². The molecule has 0 radical (unpaired) electrons. The molecule has 0 spiro atoms. The van der Waals surface area contributed by atoms with E-state index in [1.54, 1.807) is 0 Å². The highest BCUT2D eigenvalue weighted by molar-refractivity contribution is 7.89. The first-order valence-corrected chi connectivity index (χ1v) is 5.77. The number of aromatic amines is 1. The summed E-state index contributed by atoms with van der Waals surface area (Å²) >= 11 is 0. The molecule has 4 N–H and O–H groups in total. The average molecular weight is 262 g/mol. The summed E-state index contributed by atoms with van der Waals surface area (Å²) < 4.78 is 24.2. The number of carbonyl (C=O) groups excluding carboxylic acids is 1. The van der Waals surface area contributed by atoms with Crippen LogP contribution >= 0.6 is 0 Å². The maximum atomic E-state index is 11.9. The Bertz CT molecular complexity index is 492. The number of aromatic nitrogens is 2. The molecule has 0 fully saturated rings. The SMILES string of the molecule is NC(=O)CN(CC(=O)O)S(=O)(=O)c1cn[nH]c1. The van der Waals surface area contributed by atoms with Gasteiger partial charge in [0.1, 0.15) is 11.4 Å². The number of nitrogens with zero attached hydrogens (tertiary/aromatic N) is 2. The molecule has 1 rings (SSSR count). The fourth-order valence-corrected chi connectivity index (χ4v) is 2.34. The third-order valence-electron chi connectivity index (χ3n) is 1.75. The van der Waals surface area contributed by atoms with Crippen molar-refractivity contribution in [3.63, 3.8) is 0 Å². The molecule has 17 heavy (non-hydrogen) atoms. The van der Waals surface area contributed by atoms with Crippen LogP contribution in [0.15, 0.2) is 17.3 Å². The van der Waals surface area contributed by atoms with Gasteiger partial charge in [-0.2, -0.15) is 9.40 Å². The molecular formula is C7H10N4O5S. The molecule has 1 aromatic heterocycles. The van der Waals surface area contributed by atoms with E-state index in [1.807, 2.05) is 0 Å². The van der Waals surface area contributed by atoms with Gasteiger partial charge >= 0.3 is 5.97 Å². The molecule has 0 bridgehead atoms. The number of H-pyrrole nitrogens is 1. The highest BCUT2D eigenvalue weighted by Crippen LogP contribution is 2.12. The van der Waals surface area contributed by atoms with Crippen molar-refractivity contribution in [1.82, 2.24) is 14.5 Å². The van der Waals surface area contributed by atoms with Crippen LogP contribution in [0.25, 0.3) is 0 Å². The van der Waals surface area contributed by atoms with Crippen LogP contribution in [0.1, 0.15) is 0 Å². The molecule has 0 aromatic carbocycles. The zero-order valence-corrected chi connectivity index (χ0v) is 9.35. The Morgan fingerprint density at radius 2 is 2.12 bits per heavy atom. The molecule has 1 amide bonds. The molecular weight excluding hydrogens is 252 g/mol. The van der Waals surface area contributed by atoms with E-state index < -0.39 is 35.0 Å². The number of sulfonamides is 1. The Kier molecular flexibility index (Phi) is 3.81. The predicted octanol–water partition coefficient (Wildman–Crippen LogP) is -2.03. The smallest absolute Gasteiger partial charge is 0.318 e. The second-order valence-electron chi connectivity index (χ2n) is 3.07. The number of nitrogens with two attached hydrogens (primary N) is 1. The number of nitrogens with one attached hydrogen (secondary N) is 1. The van der Waals surface area contributed by atoms with Crippen molar-refractivity contribution in [2.75, 3.05) is 13.1 Å². The number of hydrogen-bond acceptors (Lipinski definition) is 5. The maximum Gasteiger partial charge on any atom is 0.318 e. The van der Waals surface area contributed by atoms with Crippen molar-refractivity contribution < 1.29 is 23.1 Å². The Morgan fingerprint density at radius 1 is 1.47 bits per heavy atom. The summed E-state index contributed by atoms with van der Waals surface area (Å²) in [6.07, 6.45) is 2.08. The number of carboxylic acid groups (broad SMARTS) is 1. The van der Waals surface area contributed by atoms with Gasteiger partial charge in [0.25, 0.3) is 0 Å². The summed E-state index contributed by atoms with van der Waals surface area (Å²) in [5, 5.41) is 14.3. The largest absolute Gasteiger partial charge is 0.480 e. The van der Waals surface area contributed by atoms with Crippen LogP contribution in [-0.4, -0.2) is 53.0 Å². The third-order valence-corrected chi connectivity index (χ3v) is 3.51. The summed E-state index contributed by atoms with van der Waals surface area (Å²) in [5.74, 6) is -2.34. The first kappa shape index (κ1) is 13.1. The van der Waals surface area contributed by atoms with Gasteiger partial charge in [0.2, 0.25) is 15.9 Å². The van der Waals surface area contributed by atoms with Crippen LogP contribution in [0.5, 0.6) is 0 Å². The molecule has 0 aliphatic rings. The van der Waals surface area contributed by atoms with Gasteiger partial charge in [-0.3, -0.25) is 14.7 Å². The highest BCUT2D eigenvalue weighted by Gasteiger charge is 2.28. The third kappa shape index (κ3) is 3.26. The van der Waals surface area contributed by atoms with Crippen molar-refractivity contribution in [2.24, 2.45) is 5.73 Å². The van der Waals surface area contributed by atoms with Gasteiger partial charge in [-0.25, -0.2) is 8.42 Å². The Hall–Kier alpha value is -1.94. The fraction of sp³-hybridized carbons (Fsp3) is 0.286. The van der Waals surface area contributed by atoms with Gasteiger partial charge in [-0.1, -0.05) is 0 Å². The van der Waals surface area contributed by atoms with Crippen LogP contribution in [0.3, 0.4) is 0 Å². The maximum absolute atomic E-state index is 11.9. The predicted molar refractivity (Wildman–Crippen MR) is 54.2 cm³/mol. The molecule has 1 aromatic rings. The fourth-order valence-electron chi connectivity index (χ4n) is 1.08. The van der Waals surface area contributed by atoms with E-state index in [-0.39, 0.29) is 4.90 Å². The molecule has 94 valence electrons. The minimum atomic E-state index is -4.09. The standard InChI is InChI=1S/C7H10N4O5S/c8-6(12)3-11(4-7(13)14)17(15,16)5-1-9-10-2-5/h1-2H,3-4H2,(H2,8,12)(H,9,10)(H,13,14). The minimum Gasteiger partial charge on any atom is -0.480 e. The van der Waals surface area contributed by atoms with E-state index in [9.17, 15) is 18.0 Å². The first-order chi connectivity index (χ1) is 7.84. The average Bonchev–Trinajstić information content (AvgIpc) is 2.68. The molecule has 9 nitrogen and oxygen atoms in total. The number of carboxylic acids is 1. The van der Waals surface area contributed by atoms with Crippen LogP contribution in [0, 0.1) is 0 Å². The number of primary amides is 1. The van der Waals surface area contributed by atoms with Crippen LogP contribution < -0.4 is 5.73 Å². The van der Waals surface area contributed by atoms with Crippen molar-refractivity contribution in [3.8, 4) is 0 Å². The molecule has 0 aliphatic heterocycles. The molecule has 10 heteroatoms. The lowest BCUT2D eigenvalue weighted by Gasteiger charge is -2.17. The normalized spacial score (nSPS) is 11.6. The van der Waals surface area contributed by atoms with Crippen molar-refractivity contribution in [2.45, 2.75) is 4.90 Å². The van der Waals surface area contributed by atoms with Gasteiger partial charge in [0, 0.05) is 6.20 Å². The quantitative estimate of drug-likeness (QED) is 0.538. The second-order valence-corrected chi connectivity index (χ2v) is 5.01. The van der Waals surface area contributed by atoms with E-state index in [1.165, 1.54) is 0 Å². The van der Waals surface area contributed by atoms with E-state index in [2.05, 4.69) is 10.2 Å². The molecule has 0 aliphatic carbocycles. The monoisotopic (exact) mass is 262 g/mol. The topological polar surface area (TPSA) is 146 Å². The second kappa shape index (κ2) is 4.93. The van der Waals surface area contributed by atoms with Gasteiger partial charge < -0.3 is 10.8 Å². The van der Waals surface area contributed by atoms with Gasteiger partial charge in [-0.05, 0) is 0 Å². The zero-order chi connectivity index (χ0) is 13.1. The van der Waals surface area contributed by atoms with Crippen LogP contribution in [0.4, 0.5) is 0 Å². The van der Waals surface area contributed by atoms with Gasteiger partial charge in [-0.15, -0.1) is 0 Å². The van der Waals surface area contributed by atoms with E-state index >= 15 is 0 Å². The lowest BCUT2D eigenvalue weighted by Crippen LogP contribution is -2.41. The van der Waals surface area contributed by atoms with Crippen molar-refractivity contribution in [1.29, 1.82) is 0 Å². The number of aliphatic carboxylic acids is 1. The molecule has 0 saturated heterocycles. The van der Waals surface area contributed by atoms with Crippen LogP contribution in [0.2, 0.25) is 0 Å². The Balaban J connectivity index is 3.04. The highest BCUT2D eigenvalue weighted by atomic mass is 32.2. The summed E-state index contributed by atoms with van der Waals surface area (Å²) in [7, 11) is -4.09. The summed E-state index contributed by atoms with van der Waals surface area (Å²) in [6.45, 7) is -1.56. The Morgan fingerprint density at radius 3 is 2.53 bits per heavy atom. The molecule has 0 atom stereocenters. The zero-order valence-electron chi connectivity index (χ0n) is 8.53. The lowest BCUT2D eigenvalue weighted by atomic mass is 10.5. The first-order valence-electron chi connectivity index (χ1n) is 4.33. The number of carbonyl (C=O) groups is 2. The molecule has 0 unspecified atom stereocenters. The summed E-state index contributed by atoms with van der Waals surface area (Å²) in [6, 6.07) is 0. The minimum absolute atomic E-state index is 0.236. The summed E-state index contributed by atoms with van der Waals surface area (Å²) in [5.41, 5.74) is 4.86. The lowest BCUT2D eigenvalue weighted by molar-refractivity contribution is -0.137. The van der Waals surface area contributed by atoms with E-state index in [4.69, 9.17) is 10.8 Å². The van der Waals surface area contributed by atoms with Gasteiger partial charge in [0.15, 0.2) is 0 Å². The Labute approximate surface area is 96.3 Å². The molecule has 1 heterocycles.